The van der Waals surface area contributed by atoms with Crippen LogP contribution in [-0.2, 0) is 23.8 Å². The highest BCUT2D eigenvalue weighted by Gasteiger charge is 2.57. The number of alkyl halides is 6. The molecule has 1 aromatic rings. The van der Waals surface area contributed by atoms with Crippen molar-refractivity contribution in [2.75, 3.05) is 0 Å². The minimum absolute atomic E-state index is 0. The molecule has 0 aliphatic rings. The van der Waals surface area contributed by atoms with Gasteiger partial charge in [0, 0.05) is 5.56 Å². The van der Waals surface area contributed by atoms with Crippen molar-refractivity contribution < 1.29 is 72.1 Å². The Balaban J connectivity index is -0.0000000637. The van der Waals surface area contributed by atoms with E-state index < -0.39 is 87.9 Å². The SMILES string of the molecule is C.C.C.C.C.C.C.C.CCC(C)(C(=O)OC(C(C)C)C(C)C)C(F)(F)F.CCC(C)(C)C(=O)OC(C)C(F)(F)F.CCC(C)OC(C)(C)C.CCC(C)c1c(F)c(F)c(F)c(F)c1F. The van der Waals surface area contributed by atoms with Gasteiger partial charge in [-0.1, -0.05) is 122 Å². The average Bonchev–Trinajstić information content (AvgIpc) is 3.06. The lowest BCUT2D eigenvalue weighted by Crippen LogP contribution is -2.45. The van der Waals surface area contributed by atoms with Crippen LogP contribution in [0.2, 0.25) is 0 Å². The normalized spacial score (nSPS) is 13.1. The Labute approximate surface area is 385 Å². The number of esters is 2. The van der Waals surface area contributed by atoms with Gasteiger partial charge in [-0.15, -0.1) is 0 Å². The second kappa shape index (κ2) is 36.5. The standard InChI is InChI=1S/C13H23F3O2.C10H9F5.C9H15F3O2.C8H18O.8CH4/c1-7-12(6,13(14,15)16)11(17)18-10(8(2)3)9(4)5;1-3-4(2)5-6(11)8(13)10(15)9(14)7(5)12;1-5-8(3,4)7(13)14-6(2)9(10,11)12;1-6-7(2)9-8(3,4)5;;;;;;;;/h8-10H,7H2,1-6H3;4H,3H2,1-2H3;6H,5H2,1-4H3;7H,6H2,1-5H3;8*1H4. The van der Waals surface area contributed by atoms with E-state index in [1.165, 1.54) is 13.8 Å². The predicted octanol–water partition coefficient (Wildman–Crippen LogP) is 18.7. The third kappa shape index (κ3) is 29.1. The highest BCUT2D eigenvalue weighted by Crippen LogP contribution is 2.42. The molecule has 0 saturated carbocycles. The van der Waals surface area contributed by atoms with Crippen LogP contribution in [0.4, 0.5) is 48.3 Å². The molecule has 0 amide bonds. The molecule has 1 aromatic carbocycles. The van der Waals surface area contributed by atoms with Crippen molar-refractivity contribution in [3.8, 4) is 0 Å². The van der Waals surface area contributed by atoms with E-state index in [0.717, 1.165) is 20.3 Å². The van der Waals surface area contributed by atoms with Gasteiger partial charge >= 0.3 is 24.3 Å². The Kier molecular flexibility index (Phi) is 50.2. The molecule has 64 heavy (non-hydrogen) atoms. The van der Waals surface area contributed by atoms with Crippen LogP contribution in [0.25, 0.3) is 0 Å². The van der Waals surface area contributed by atoms with E-state index in [1.54, 1.807) is 27.7 Å². The summed E-state index contributed by atoms with van der Waals surface area (Å²) in [6, 6.07) is 0. The van der Waals surface area contributed by atoms with Crippen molar-refractivity contribution in [3.63, 3.8) is 0 Å². The Morgan fingerprint density at radius 3 is 1.08 bits per heavy atom. The molecule has 1 rings (SSSR count). The number of hydrogen-bond acceptors (Lipinski definition) is 5. The van der Waals surface area contributed by atoms with Crippen LogP contribution < -0.4 is 0 Å². The van der Waals surface area contributed by atoms with Gasteiger partial charge in [0.25, 0.3) is 0 Å². The first-order valence-electron chi connectivity index (χ1n) is 18.7. The molecule has 0 bridgehead atoms. The number of benzene rings is 1. The van der Waals surface area contributed by atoms with Crippen LogP contribution in [0.1, 0.15) is 214 Å². The minimum Gasteiger partial charge on any atom is -0.461 e. The first kappa shape index (κ1) is 88.1. The van der Waals surface area contributed by atoms with E-state index >= 15 is 0 Å². The minimum atomic E-state index is -4.59. The molecule has 0 aliphatic heterocycles. The Hall–Kier alpha value is -2.65. The van der Waals surface area contributed by atoms with E-state index in [9.17, 15) is 57.9 Å². The van der Waals surface area contributed by atoms with Crippen molar-refractivity contribution in [2.24, 2.45) is 22.7 Å². The van der Waals surface area contributed by atoms with Crippen molar-refractivity contribution in [2.45, 2.75) is 245 Å². The summed E-state index contributed by atoms with van der Waals surface area (Å²) in [4.78, 5) is 23.1. The molecule has 5 nitrogen and oxygen atoms in total. The second-order valence-electron chi connectivity index (χ2n) is 16.1. The zero-order chi connectivity index (χ0) is 45.5. The lowest BCUT2D eigenvalue weighted by molar-refractivity contribution is -0.235. The molecule has 0 fully saturated rings. The van der Waals surface area contributed by atoms with E-state index in [2.05, 4.69) is 39.4 Å². The number of carbonyl (C=O) groups is 2. The molecular formula is C48H97F11O5. The molecule has 0 heterocycles. The van der Waals surface area contributed by atoms with E-state index in [4.69, 9.17) is 9.47 Å². The molecule has 0 aromatic heterocycles. The number of hydrogen-bond donors (Lipinski definition) is 0. The van der Waals surface area contributed by atoms with Gasteiger partial charge in [-0.25, -0.2) is 22.0 Å². The van der Waals surface area contributed by atoms with Crippen molar-refractivity contribution >= 4 is 11.9 Å². The van der Waals surface area contributed by atoms with Gasteiger partial charge < -0.3 is 14.2 Å². The van der Waals surface area contributed by atoms with E-state index in [-0.39, 0.29) is 83.3 Å². The largest absolute Gasteiger partial charge is 0.461 e. The highest BCUT2D eigenvalue weighted by molar-refractivity contribution is 5.77. The van der Waals surface area contributed by atoms with Gasteiger partial charge in [0.1, 0.15) is 6.10 Å². The molecule has 16 heteroatoms. The van der Waals surface area contributed by atoms with Gasteiger partial charge in [-0.3, -0.25) is 9.59 Å². The van der Waals surface area contributed by atoms with E-state index in [1.807, 2.05) is 27.7 Å². The lowest BCUT2D eigenvalue weighted by atomic mass is 9.86. The van der Waals surface area contributed by atoms with Crippen molar-refractivity contribution in [1.82, 2.24) is 0 Å². The maximum Gasteiger partial charge on any atom is 0.425 e. The van der Waals surface area contributed by atoms with Crippen LogP contribution in [-0.4, -0.2) is 48.2 Å². The molecule has 4 unspecified atom stereocenters. The third-order valence-electron chi connectivity index (χ3n) is 9.00. The number of halogens is 11. The molecule has 4 atom stereocenters. The third-order valence-corrected chi connectivity index (χ3v) is 9.00. The zero-order valence-electron chi connectivity index (χ0n) is 36.0. The van der Waals surface area contributed by atoms with Gasteiger partial charge in [-0.2, -0.15) is 26.3 Å². The summed E-state index contributed by atoms with van der Waals surface area (Å²) in [6.45, 7) is 28.7. The van der Waals surface area contributed by atoms with Crippen molar-refractivity contribution in [3.05, 3.63) is 34.6 Å². The van der Waals surface area contributed by atoms with Crippen LogP contribution in [0, 0.1) is 51.8 Å². The summed E-state index contributed by atoms with van der Waals surface area (Å²) < 4.78 is 154. The quantitative estimate of drug-likeness (QED) is 0.0904. The maximum absolute atomic E-state index is 13.1. The Morgan fingerprint density at radius 2 is 0.859 bits per heavy atom. The Morgan fingerprint density at radius 1 is 0.516 bits per heavy atom. The summed E-state index contributed by atoms with van der Waals surface area (Å²) >= 11 is 0. The fraction of sp³-hybridized carbons (Fsp3) is 0.833. The molecule has 0 N–H and O–H groups in total. The van der Waals surface area contributed by atoms with E-state index in [0.29, 0.717) is 18.9 Å². The molecule has 0 spiro atoms. The van der Waals surface area contributed by atoms with Gasteiger partial charge in [0.05, 0.1) is 17.1 Å². The molecule has 0 aliphatic carbocycles. The van der Waals surface area contributed by atoms with Crippen molar-refractivity contribution in [1.29, 1.82) is 0 Å². The fourth-order valence-corrected chi connectivity index (χ4v) is 4.23. The summed E-state index contributed by atoms with van der Waals surface area (Å²) in [5.74, 6) is -12.1. The topological polar surface area (TPSA) is 61.8 Å². The number of rotatable bonds is 12. The first-order valence-corrected chi connectivity index (χ1v) is 18.7. The lowest BCUT2D eigenvalue weighted by Gasteiger charge is -2.33. The van der Waals surface area contributed by atoms with Crippen LogP contribution in [0.3, 0.4) is 0 Å². The highest BCUT2D eigenvalue weighted by atomic mass is 19.4. The maximum atomic E-state index is 13.1. The van der Waals surface area contributed by atoms with Gasteiger partial charge in [0.2, 0.25) is 5.82 Å². The summed E-state index contributed by atoms with van der Waals surface area (Å²) in [5, 5.41) is 0. The predicted molar refractivity (Wildman–Crippen MR) is 249 cm³/mol. The fourth-order valence-electron chi connectivity index (χ4n) is 4.23. The van der Waals surface area contributed by atoms with Crippen LogP contribution >= 0.6 is 0 Å². The number of ether oxygens (including phenoxy) is 3. The van der Waals surface area contributed by atoms with Gasteiger partial charge in [0.15, 0.2) is 34.8 Å². The summed E-state index contributed by atoms with van der Waals surface area (Å²) in [6.07, 6.45) is -9.71. The molecule has 0 saturated heterocycles. The molecule has 396 valence electrons. The smallest absolute Gasteiger partial charge is 0.425 e. The average molecular weight is 963 g/mol. The summed E-state index contributed by atoms with van der Waals surface area (Å²) in [5.41, 5.74) is -4.00. The monoisotopic (exact) mass is 963 g/mol. The molecule has 0 radical (unpaired) electrons. The Bertz CT molecular complexity index is 1300. The second-order valence-corrected chi connectivity index (χ2v) is 16.1. The van der Waals surface area contributed by atoms with Crippen LogP contribution in [0.15, 0.2) is 0 Å². The van der Waals surface area contributed by atoms with Gasteiger partial charge in [-0.05, 0) is 98.8 Å². The van der Waals surface area contributed by atoms with Crippen LogP contribution in [0.5, 0.6) is 0 Å². The first-order chi connectivity index (χ1) is 24.9. The summed E-state index contributed by atoms with van der Waals surface area (Å²) in [7, 11) is 0. The number of carbonyl (C=O) groups excluding carboxylic acids is 2. The molecular weight excluding hydrogens is 866 g/mol. The zero-order valence-corrected chi connectivity index (χ0v) is 36.0.